The molecule has 1 N–H and O–H groups in total. The first-order valence-electron chi connectivity index (χ1n) is 10.5. The van der Waals surface area contributed by atoms with Crippen molar-refractivity contribution >= 4 is 33.0 Å². The van der Waals surface area contributed by atoms with Crippen LogP contribution in [0, 0.1) is 10.1 Å². The van der Waals surface area contributed by atoms with E-state index in [-0.39, 0.29) is 16.3 Å². The fourth-order valence-electron chi connectivity index (χ4n) is 3.26. The molecule has 3 rings (SSSR count). The number of amides is 1. The highest BCUT2D eigenvalue weighted by atomic mass is 32.2. The zero-order valence-electron chi connectivity index (χ0n) is 18.2. The van der Waals surface area contributed by atoms with E-state index < -0.39 is 27.4 Å². The summed E-state index contributed by atoms with van der Waals surface area (Å²) in [6.45, 7) is 1.57. The van der Waals surface area contributed by atoms with Crippen LogP contribution in [0.15, 0.2) is 83.8 Å². The maximum absolute atomic E-state index is 13.3. The molecule has 0 unspecified atom stereocenters. The molecule has 0 saturated carbocycles. The molecule has 0 fully saturated rings. The molecule has 8 nitrogen and oxygen atoms in total. The van der Waals surface area contributed by atoms with E-state index in [1.165, 1.54) is 30.3 Å². The second-order valence-corrected chi connectivity index (χ2v) is 9.31. The molecule has 0 aliphatic carbocycles. The number of nitrogens with zero attached hydrogens (tertiary/aromatic N) is 2. The van der Waals surface area contributed by atoms with Crippen molar-refractivity contribution in [1.82, 2.24) is 0 Å². The molecule has 0 heterocycles. The van der Waals surface area contributed by atoms with Gasteiger partial charge in [-0.1, -0.05) is 49.7 Å². The molecule has 1 amide bonds. The van der Waals surface area contributed by atoms with Crippen molar-refractivity contribution in [3.05, 3.63) is 94.5 Å². The first-order chi connectivity index (χ1) is 15.8. The first kappa shape index (κ1) is 23.9. The standard InChI is InChI=1S/C24H25N3O5S/c1-2-3-8-19-13-15-20(16-14-19)25-24(28)18-26(21-9-7-10-22(17-21)27(29)30)33(31,32)23-11-5-4-6-12-23/h4-7,9-17H,2-3,8,18H2,1H3,(H,25,28). The largest absolute Gasteiger partial charge is 0.325 e. The van der Waals surface area contributed by atoms with Crippen molar-refractivity contribution in [3.63, 3.8) is 0 Å². The maximum atomic E-state index is 13.3. The van der Waals surface area contributed by atoms with Crippen LogP contribution in [0.25, 0.3) is 0 Å². The van der Waals surface area contributed by atoms with E-state index in [4.69, 9.17) is 0 Å². The number of aryl methyl sites for hydroxylation is 1. The summed E-state index contributed by atoms with van der Waals surface area (Å²) >= 11 is 0. The van der Waals surface area contributed by atoms with Crippen molar-refractivity contribution in [1.29, 1.82) is 0 Å². The topological polar surface area (TPSA) is 110 Å². The second-order valence-electron chi connectivity index (χ2n) is 7.45. The average Bonchev–Trinajstić information content (AvgIpc) is 2.82. The molecule has 172 valence electrons. The van der Waals surface area contributed by atoms with Crippen molar-refractivity contribution in [2.75, 3.05) is 16.2 Å². The Morgan fingerprint density at radius 2 is 1.70 bits per heavy atom. The van der Waals surface area contributed by atoms with Crippen molar-refractivity contribution in [2.24, 2.45) is 0 Å². The fraction of sp³-hybridized carbons (Fsp3) is 0.208. The maximum Gasteiger partial charge on any atom is 0.271 e. The average molecular weight is 468 g/mol. The number of benzene rings is 3. The lowest BCUT2D eigenvalue weighted by Crippen LogP contribution is -2.38. The minimum absolute atomic E-state index is 0.0235. The van der Waals surface area contributed by atoms with Gasteiger partial charge in [-0.3, -0.25) is 19.2 Å². The first-order valence-corrected chi connectivity index (χ1v) is 12.0. The number of nitro groups is 1. The number of carbonyl (C=O) groups excluding carboxylic acids is 1. The Morgan fingerprint density at radius 1 is 1.00 bits per heavy atom. The number of sulfonamides is 1. The Hall–Kier alpha value is -3.72. The number of nitro benzene ring substituents is 1. The predicted octanol–water partition coefficient (Wildman–Crippen LogP) is 4.77. The van der Waals surface area contributed by atoms with E-state index in [9.17, 15) is 23.3 Å². The second kappa shape index (κ2) is 10.7. The highest BCUT2D eigenvalue weighted by Gasteiger charge is 2.28. The molecular formula is C24H25N3O5S. The summed E-state index contributed by atoms with van der Waals surface area (Å²) in [5, 5.41) is 13.9. The van der Waals surface area contributed by atoms with Crippen LogP contribution < -0.4 is 9.62 Å². The molecule has 3 aromatic carbocycles. The lowest BCUT2D eigenvalue weighted by molar-refractivity contribution is -0.384. The van der Waals surface area contributed by atoms with Gasteiger partial charge in [0.1, 0.15) is 6.54 Å². The molecule has 0 saturated heterocycles. The van der Waals surface area contributed by atoms with Crippen molar-refractivity contribution in [2.45, 2.75) is 31.1 Å². The van der Waals surface area contributed by atoms with Gasteiger partial charge < -0.3 is 5.32 Å². The van der Waals surface area contributed by atoms with Gasteiger partial charge in [0.05, 0.1) is 15.5 Å². The summed E-state index contributed by atoms with van der Waals surface area (Å²) in [7, 11) is -4.15. The number of carbonyl (C=O) groups is 1. The normalized spacial score (nSPS) is 11.1. The molecule has 0 bridgehead atoms. The molecule has 0 spiro atoms. The Balaban J connectivity index is 1.87. The highest BCUT2D eigenvalue weighted by Crippen LogP contribution is 2.27. The van der Waals surface area contributed by atoms with Crippen molar-refractivity contribution < 1.29 is 18.1 Å². The van der Waals surface area contributed by atoms with Gasteiger partial charge in [-0.2, -0.15) is 0 Å². The van der Waals surface area contributed by atoms with E-state index in [1.807, 2.05) is 12.1 Å². The molecule has 9 heteroatoms. The Morgan fingerprint density at radius 3 is 2.33 bits per heavy atom. The molecule has 0 radical (unpaired) electrons. The number of nitrogens with one attached hydrogen (secondary N) is 1. The van der Waals surface area contributed by atoms with Crippen LogP contribution in [-0.2, 0) is 21.2 Å². The molecule has 0 aromatic heterocycles. The minimum Gasteiger partial charge on any atom is -0.325 e. The minimum atomic E-state index is -4.15. The van der Waals surface area contributed by atoms with Crippen LogP contribution >= 0.6 is 0 Å². The summed E-state index contributed by atoms with van der Waals surface area (Å²) in [4.78, 5) is 23.4. The lowest BCUT2D eigenvalue weighted by atomic mass is 10.1. The third-order valence-electron chi connectivity index (χ3n) is 5.00. The smallest absolute Gasteiger partial charge is 0.271 e. The summed E-state index contributed by atoms with van der Waals surface area (Å²) < 4.78 is 27.5. The summed E-state index contributed by atoms with van der Waals surface area (Å²) in [5.74, 6) is -0.567. The number of hydrogen-bond donors (Lipinski definition) is 1. The third-order valence-corrected chi connectivity index (χ3v) is 6.79. The van der Waals surface area contributed by atoms with E-state index in [0.29, 0.717) is 5.69 Å². The highest BCUT2D eigenvalue weighted by molar-refractivity contribution is 7.92. The third kappa shape index (κ3) is 6.17. The molecule has 3 aromatic rings. The number of unbranched alkanes of at least 4 members (excludes halogenated alkanes) is 1. The van der Waals surface area contributed by atoms with E-state index in [1.54, 1.807) is 30.3 Å². The number of anilines is 2. The Labute approximate surface area is 193 Å². The van der Waals surface area contributed by atoms with Crippen LogP contribution in [0.1, 0.15) is 25.3 Å². The van der Waals surface area contributed by atoms with Crippen LogP contribution in [0.3, 0.4) is 0 Å². The molecule has 0 aliphatic heterocycles. The summed E-state index contributed by atoms with van der Waals surface area (Å²) in [5.41, 5.74) is 1.44. The summed E-state index contributed by atoms with van der Waals surface area (Å²) in [6.07, 6.45) is 3.10. The fourth-order valence-corrected chi connectivity index (χ4v) is 4.70. The van der Waals surface area contributed by atoms with Crippen molar-refractivity contribution in [3.8, 4) is 0 Å². The van der Waals surface area contributed by atoms with E-state index in [2.05, 4.69) is 12.2 Å². The van der Waals surface area contributed by atoms with E-state index >= 15 is 0 Å². The molecule has 33 heavy (non-hydrogen) atoms. The van der Waals surface area contributed by atoms with Crippen LogP contribution in [0.2, 0.25) is 0 Å². The van der Waals surface area contributed by atoms with Gasteiger partial charge in [0, 0.05) is 17.8 Å². The van der Waals surface area contributed by atoms with Crippen LogP contribution in [0.5, 0.6) is 0 Å². The summed E-state index contributed by atoms with van der Waals surface area (Å²) in [6, 6.07) is 20.2. The van der Waals surface area contributed by atoms with Gasteiger partial charge in [-0.15, -0.1) is 0 Å². The molecule has 0 atom stereocenters. The quantitative estimate of drug-likeness (QED) is 0.341. The number of non-ortho nitro benzene ring substituents is 1. The Bertz CT molecular complexity index is 1210. The zero-order valence-corrected chi connectivity index (χ0v) is 19.0. The Kier molecular flexibility index (Phi) is 7.78. The zero-order chi connectivity index (χ0) is 23.8. The van der Waals surface area contributed by atoms with Crippen LogP contribution in [-0.4, -0.2) is 25.8 Å². The van der Waals surface area contributed by atoms with Gasteiger partial charge in [-0.25, -0.2) is 8.42 Å². The SMILES string of the molecule is CCCCc1ccc(NC(=O)CN(c2cccc([N+](=O)[O-])c2)S(=O)(=O)c2ccccc2)cc1. The molecule has 0 aliphatic rings. The van der Waals surface area contributed by atoms with Gasteiger partial charge in [0.2, 0.25) is 5.91 Å². The van der Waals surface area contributed by atoms with Gasteiger partial charge in [0.15, 0.2) is 0 Å². The van der Waals surface area contributed by atoms with Gasteiger partial charge in [0.25, 0.3) is 15.7 Å². The lowest BCUT2D eigenvalue weighted by Gasteiger charge is -2.24. The number of hydrogen-bond acceptors (Lipinski definition) is 5. The van der Waals surface area contributed by atoms with Crippen LogP contribution in [0.4, 0.5) is 17.1 Å². The predicted molar refractivity (Wildman–Crippen MR) is 128 cm³/mol. The van der Waals surface area contributed by atoms with E-state index in [0.717, 1.165) is 35.2 Å². The molecular weight excluding hydrogens is 442 g/mol. The number of rotatable bonds is 10. The monoisotopic (exact) mass is 467 g/mol. The van der Waals surface area contributed by atoms with Gasteiger partial charge in [-0.05, 0) is 48.7 Å². The van der Waals surface area contributed by atoms with Gasteiger partial charge >= 0.3 is 0 Å².